The Labute approximate surface area is 119 Å². The zero-order valence-corrected chi connectivity index (χ0v) is 12.1. The average Bonchev–Trinajstić information content (AvgIpc) is 2.47. The van der Waals surface area contributed by atoms with E-state index in [9.17, 15) is 0 Å². The lowest BCUT2D eigenvalue weighted by Crippen LogP contribution is -2.21. The normalized spacial score (nSPS) is 10.6. The van der Waals surface area contributed by atoms with E-state index in [0.717, 1.165) is 30.2 Å². The lowest BCUT2D eigenvalue weighted by molar-refractivity contribution is 0.425. The van der Waals surface area contributed by atoms with E-state index >= 15 is 0 Å². The Balaban J connectivity index is 2.20. The van der Waals surface area contributed by atoms with Crippen molar-refractivity contribution in [1.82, 2.24) is 19.9 Å². The van der Waals surface area contributed by atoms with Gasteiger partial charge >= 0.3 is 0 Å². The second-order valence-electron chi connectivity index (χ2n) is 4.68. The van der Waals surface area contributed by atoms with Crippen LogP contribution in [-0.4, -0.2) is 54.1 Å². The maximum Gasteiger partial charge on any atom is 0.225 e. The Morgan fingerprint density at radius 1 is 1.25 bits per heavy atom. The first-order valence-corrected chi connectivity index (χ1v) is 6.55. The molecule has 0 fully saturated rings. The highest BCUT2D eigenvalue weighted by Gasteiger charge is 2.06. The van der Waals surface area contributed by atoms with Crippen molar-refractivity contribution in [2.75, 3.05) is 44.9 Å². The van der Waals surface area contributed by atoms with Crippen LogP contribution >= 0.6 is 0 Å². The number of likely N-dealkylation sites (N-methyl/N-ethyl adjacent to an activating group) is 1. The van der Waals surface area contributed by atoms with Crippen LogP contribution in [0.1, 0.15) is 0 Å². The van der Waals surface area contributed by atoms with Gasteiger partial charge in [-0.2, -0.15) is 4.98 Å². The first-order chi connectivity index (χ1) is 9.69. The molecule has 0 aliphatic rings. The van der Waals surface area contributed by atoms with Crippen molar-refractivity contribution in [3.05, 3.63) is 30.6 Å². The van der Waals surface area contributed by atoms with Gasteiger partial charge < -0.3 is 15.5 Å². The number of hydrogen-bond acceptors (Lipinski definition) is 6. The van der Waals surface area contributed by atoms with Gasteiger partial charge in [-0.3, -0.25) is 4.98 Å². The molecule has 6 heteroatoms. The van der Waals surface area contributed by atoms with E-state index in [0.29, 0.717) is 5.95 Å². The fraction of sp³-hybridized carbons (Fsp3) is 0.357. The molecule has 2 aromatic heterocycles. The molecule has 0 bridgehead atoms. The SMILES string of the molecule is CNc1cc(-c2cccnc2)nc(NCCN(C)C)n1. The van der Waals surface area contributed by atoms with Crippen LogP contribution < -0.4 is 10.6 Å². The summed E-state index contributed by atoms with van der Waals surface area (Å²) in [6.07, 6.45) is 3.55. The Kier molecular flexibility index (Phi) is 4.84. The van der Waals surface area contributed by atoms with Gasteiger partial charge in [-0.1, -0.05) is 0 Å². The molecule has 0 unspecified atom stereocenters. The molecule has 0 saturated carbocycles. The maximum atomic E-state index is 4.53. The maximum absolute atomic E-state index is 4.53. The Hall–Kier alpha value is -2.21. The molecule has 0 aliphatic carbocycles. The topological polar surface area (TPSA) is 66.0 Å². The highest BCUT2D eigenvalue weighted by molar-refractivity contribution is 5.63. The van der Waals surface area contributed by atoms with Crippen LogP contribution in [-0.2, 0) is 0 Å². The van der Waals surface area contributed by atoms with Crippen LogP contribution in [0.4, 0.5) is 11.8 Å². The fourth-order valence-electron chi connectivity index (χ4n) is 1.71. The largest absolute Gasteiger partial charge is 0.373 e. The zero-order valence-electron chi connectivity index (χ0n) is 12.1. The van der Waals surface area contributed by atoms with Crippen molar-refractivity contribution in [3.63, 3.8) is 0 Å². The highest BCUT2D eigenvalue weighted by atomic mass is 15.2. The van der Waals surface area contributed by atoms with Crippen molar-refractivity contribution in [1.29, 1.82) is 0 Å². The summed E-state index contributed by atoms with van der Waals surface area (Å²) in [5.41, 5.74) is 1.83. The van der Waals surface area contributed by atoms with Crippen molar-refractivity contribution in [2.24, 2.45) is 0 Å². The summed E-state index contributed by atoms with van der Waals surface area (Å²) in [5, 5.41) is 6.29. The summed E-state index contributed by atoms with van der Waals surface area (Å²) in [7, 11) is 5.92. The molecule has 2 aromatic rings. The minimum atomic E-state index is 0.623. The third-order valence-corrected chi connectivity index (χ3v) is 2.78. The number of aromatic nitrogens is 3. The molecule has 0 saturated heterocycles. The van der Waals surface area contributed by atoms with E-state index in [4.69, 9.17) is 0 Å². The summed E-state index contributed by atoms with van der Waals surface area (Å²) in [4.78, 5) is 15.2. The molecular weight excluding hydrogens is 252 g/mol. The van der Waals surface area contributed by atoms with Crippen molar-refractivity contribution >= 4 is 11.8 Å². The Morgan fingerprint density at radius 3 is 2.75 bits per heavy atom. The summed E-state index contributed by atoms with van der Waals surface area (Å²) < 4.78 is 0. The van der Waals surface area contributed by atoms with Gasteiger partial charge in [0.05, 0.1) is 5.69 Å². The van der Waals surface area contributed by atoms with Gasteiger partial charge in [-0.25, -0.2) is 4.98 Å². The highest BCUT2D eigenvalue weighted by Crippen LogP contribution is 2.20. The van der Waals surface area contributed by atoms with Gasteiger partial charge in [0.2, 0.25) is 5.95 Å². The van der Waals surface area contributed by atoms with Crippen molar-refractivity contribution < 1.29 is 0 Å². The lowest BCUT2D eigenvalue weighted by Gasteiger charge is -2.12. The van der Waals surface area contributed by atoms with Gasteiger partial charge in [0.1, 0.15) is 5.82 Å². The van der Waals surface area contributed by atoms with Crippen molar-refractivity contribution in [3.8, 4) is 11.3 Å². The van der Waals surface area contributed by atoms with Gasteiger partial charge in [0, 0.05) is 44.2 Å². The van der Waals surface area contributed by atoms with Gasteiger partial charge in [-0.15, -0.1) is 0 Å². The number of anilines is 2. The number of pyridine rings is 1. The quantitative estimate of drug-likeness (QED) is 0.832. The molecule has 2 rings (SSSR count). The third-order valence-electron chi connectivity index (χ3n) is 2.78. The second-order valence-corrected chi connectivity index (χ2v) is 4.68. The molecule has 0 aromatic carbocycles. The van der Waals surface area contributed by atoms with E-state index in [-0.39, 0.29) is 0 Å². The van der Waals surface area contributed by atoms with Crippen LogP contribution in [0.2, 0.25) is 0 Å². The van der Waals surface area contributed by atoms with Crippen LogP contribution in [0.5, 0.6) is 0 Å². The minimum absolute atomic E-state index is 0.623. The first kappa shape index (κ1) is 14.2. The number of nitrogens with zero attached hydrogens (tertiary/aromatic N) is 4. The molecule has 0 radical (unpaired) electrons. The smallest absolute Gasteiger partial charge is 0.225 e. The lowest BCUT2D eigenvalue weighted by atomic mass is 10.2. The second kappa shape index (κ2) is 6.81. The predicted octanol–water partition coefficient (Wildman–Crippen LogP) is 1.55. The molecule has 2 N–H and O–H groups in total. The van der Waals surface area contributed by atoms with Crippen LogP contribution in [0, 0.1) is 0 Å². The molecule has 0 atom stereocenters. The average molecular weight is 272 g/mol. The molecular formula is C14H20N6. The summed E-state index contributed by atoms with van der Waals surface area (Å²) >= 11 is 0. The molecule has 0 spiro atoms. The number of rotatable bonds is 6. The Bertz CT molecular complexity index is 541. The van der Waals surface area contributed by atoms with E-state index in [2.05, 4.69) is 30.5 Å². The molecule has 0 amide bonds. The predicted molar refractivity (Wildman–Crippen MR) is 81.9 cm³/mol. The molecule has 0 aliphatic heterocycles. The van der Waals surface area contributed by atoms with Gasteiger partial charge in [0.25, 0.3) is 0 Å². The minimum Gasteiger partial charge on any atom is -0.373 e. The van der Waals surface area contributed by atoms with Crippen LogP contribution in [0.15, 0.2) is 30.6 Å². The van der Waals surface area contributed by atoms with E-state index < -0.39 is 0 Å². The Morgan fingerprint density at radius 2 is 2.10 bits per heavy atom. The van der Waals surface area contributed by atoms with E-state index in [1.54, 1.807) is 12.4 Å². The first-order valence-electron chi connectivity index (χ1n) is 6.55. The van der Waals surface area contributed by atoms with Crippen LogP contribution in [0.3, 0.4) is 0 Å². The monoisotopic (exact) mass is 272 g/mol. The summed E-state index contributed by atoms with van der Waals surface area (Å²) in [6, 6.07) is 5.79. The van der Waals surface area contributed by atoms with Crippen LogP contribution in [0.25, 0.3) is 11.3 Å². The molecule has 20 heavy (non-hydrogen) atoms. The molecule has 6 nitrogen and oxygen atoms in total. The fourth-order valence-corrected chi connectivity index (χ4v) is 1.71. The standard InChI is InChI=1S/C14H20N6/c1-15-13-9-12(11-5-4-6-16-10-11)18-14(19-13)17-7-8-20(2)3/h4-6,9-10H,7-8H2,1-3H3,(H2,15,17,18,19). The summed E-state index contributed by atoms with van der Waals surface area (Å²) in [5.74, 6) is 1.41. The zero-order chi connectivity index (χ0) is 14.4. The summed E-state index contributed by atoms with van der Waals surface area (Å²) in [6.45, 7) is 1.72. The third kappa shape index (κ3) is 3.89. The van der Waals surface area contributed by atoms with Crippen molar-refractivity contribution in [2.45, 2.75) is 0 Å². The molecule has 106 valence electrons. The van der Waals surface area contributed by atoms with Gasteiger partial charge in [-0.05, 0) is 26.2 Å². The molecule has 2 heterocycles. The number of hydrogen-bond donors (Lipinski definition) is 2. The van der Waals surface area contributed by atoms with Gasteiger partial charge in [0.15, 0.2) is 0 Å². The van der Waals surface area contributed by atoms with E-state index in [1.807, 2.05) is 39.3 Å². The van der Waals surface area contributed by atoms with E-state index in [1.165, 1.54) is 0 Å². The number of nitrogens with one attached hydrogen (secondary N) is 2.